The second-order valence-corrected chi connectivity index (χ2v) is 6.71. The molecule has 0 aliphatic carbocycles. The van der Waals surface area contributed by atoms with E-state index >= 15 is 0 Å². The molecule has 3 nitrogen and oxygen atoms in total. The van der Waals surface area contributed by atoms with Crippen LogP contribution in [0, 0.1) is 0 Å². The van der Waals surface area contributed by atoms with Crippen LogP contribution in [0.1, 0.15) is 13.3 Å². The van der Waals surface area contributed by atoms with E-state index in [1.165, 1.54) is 16.4 Å². The first kappa shape index (κ1) is 14.0. The monoisotopic (exact) mass is 325 g/mol. The van der Waals surface area contributed by atoms with Crippen molar-refractivity contribution in [2.75, 3.05) is 13.6 Å². The highest BCUT2D eigenvalue weighted by atomic mass is 79.9. The van der Waals surface area contributed by atoms with E-state index in [-0.39, 0.29) is 4.90 Å². The minimum absolute atomic E-state index is 0.250. The van der Waals surface area contributed by atoms with Crippen LogP contribution >= 0.6 is 27.5 Å². The molecule has 90 valence electrons. The van der Waals surface area contributed by atoms with Gasteiger partial charge in [-0.15, -0.1) is 0 Å². The third kappa shape index (κ3) is 2.97. The molecule has 0 aliphatic heterocycles. The summed E-state index contributed by atoms with van der Waals surface area (Å²) in [5.74, 6) is 0. The molecule has 0 aromatic heterocycles. The van der Waals surface area contributed by atoms with Crippen LogP contribution < -0.4 is 0 Å². The maximum atomic E-state index is 12.0. The van der Waals surface area contributed by atoms with Crippen molar-refractivity contribution in [2.45, 2.75) is 18.2 Å². The number of hydrogen-bond donors (Lipinski definition) is 0. The van der Waals surface area contributed by atoms with Gasteiger partial charge >= 0.3 is 0 Å². The van der Waals surface area contributed by atoms with Crippen LogP contribution in [0.3, 0.4) is 0 Å². The van der Waals surface area contributed by atoms with E-state index in [1.807, 2.05) is 6.92 Å². The van der Waals surface area contributed by atoms with Crippen molar-refractivity contribution in [3.8, 4) is 0 Å². The molecule has 0 bridgehead atoms. The molecule has 0 amide bonds. The Kier molecular flexibility index (Phi) is 4.79. The Bertz CT molecular complexity index is 476. The highest BCUT2D eigenvalue weighted by molar-refractivity contribution is 9.10. The zero-order valence-corrected chi connectivity index (χ0v) is 12.2. The van der Waals surface area contributed by atoms with Crippen LogP contribution in [-0.2, 0) is 10.0 Å². The Hall–Kier alpha value is -0.100. The lowest BCUT2D eigenvalue weighted by Gasteiger charge is -2.16. The largest absolute Gasteiger partial charge is 0.242 e. The number of nitrogens with zero attached hydrogens (tertiary/aromatic N) is 1. The average Bonchev–Trinajstić information content (AvgIpc) is 2.22. The summed E-state index contributed by atoms with van der Waals surface area (Å²) < 4.78 is 26.0. The maximum absolute atomic E-state index is 12.0. The molecule has 0 heterocycles. The molecule has 0 saturated carbocycles. The van der Waals surface area contributed by atoms with Crippen LogP contribution in [0.4, 0.5) is 0 Å². The van der Waals surface area contributed by atoms with Gasteiger partial charge in [0.2, 0.25) is 10.0 Å². The summed E-state index contributed by atoms with van der Waals surface area (Å²) in [6, 6.07) is 4.59. The van der Waals surface area contributed by atoms with Gasteiger partial charge in [-0.2, -0.15) is 0 Å². The number of rotatable bonds is 4. The molecule has 1 aromatic carbocycles. The molecule has 0 unspecified atom stereocenters. The summed E-state index contributed by atoms with van der Waals surface area (Å²) in [5, 5.41) is 0.497. The molecule has 0 saturated heterocycles. The summed E-state index contributed by atoms with van der Waals surface area (Å²) in [7, 11) is -1.82. The van der Waals surface area contributed by atoms with E-state index in [4.69, 9.17) is 11.6 Å². The predicted molar refractivity (Wildman–Crippen MR) is 69.3 cm³/mol. The normalized spacial score (nSPS) is 12.1. The second kappa shape index (κ2) is 5.49. The Labute approximate surface area is 110 Å². The van der Waals surface area contributed by atoms with E-state index < -0.39 is 10.0 Å². The molecule has 0 spiro atoms. The summed E-state index contributed by atoms with van der Waals surface area (Å²) in [5.41, 5.74) is 0. The molecule has 1 rings (SSSR count). The minimum atomic E-state index is -3.40. The first-order chi connectivity index (χ1) is 7.39. The smallest absolute Gasteiger partial charge is 0.207 e. The SMILES string of the molecule is CCCN(C)S(=O)(=O)c1ccc(Cl)c(Br)c1. The van der Waals surface area contributed by atoms with Gasteiger partial charge in [-0.05, 0) is 40.5 Å². The van der Waals surface area contributed by atoms with Gasteiger partial charge in [-0.25, -0.2) is 12.7 Å². The molecule has 6 heteroatoms. The molecule has 0 aliphatic rings. The molecule has 0 fully saturated rings. The maximum Gasteiger partial charge on any atom is 0.242 e. The van der Waals surface area contributed by atoms with Gasteiger partial charge in [0, 0.05) is 18.1 Å². The van der Waals surface area contributed by atoms with Crippen LogP contribution in [0.2, 0.25) is 5.02 Å². The highest BCUT2D eigenvalue weighted by Crippen LogP contribution is 2.26. The Morgan fingerprint density at radius 1 is 1.44 bits per heavy atom. The topological polar surface area (TPSA) is 37.4 Å². The molecule has 1 aromatic rings. The Balaban J connectivity index is 3.12. The van der Waals surface area contributed by atoms with Crippen molar-refractivity contribution < 1.29 is 8.42 Å². The van der Waals surface area contributed by atoms with E-state index in [0.717, 1.165) is 6.42 Å². The van der Waals surface area contributed by atoms with Gasteiger partial charge < -0.3 is 0 Å². The van der Waals surface area contributed by atoms with Gasteiger partial charge in [0.05, 0.1) is 9.92 Å². The first-order valence-corrected chi connectivity index (χ1v) is 7.42. The summed E-state index contributed by atoms with van der Waals surface area (Å²) in [4.78, 5) is 0.250. The van der Waals surface area contributed by atoms with Crippen molar-refractivity contribution in [2.24, 2.45) is 0 Å². The standard InChI is InChI=1S/C10H13BrClNO2S/c1-3-6-13(2)16(14,15)8-4-5-10(12)9(11)7-8/h4-5,7H,3,6H2,1-2H3. The van der Waals surface area contributed by atoms with Crippen LogP contribution in [0.5, 0.6) is 0 Å². The van der Waals surface area contributed by atoms with Gasteiger partial charge in [0.15, 0.2) is 0 Å². The van der Waals surface area contributed by atoms with E-state index in [2.05, 4.69) is 15.9 Å². The summed E-state index contributed by atoms with van der Waals surface area (Å²) >= 11 is 9.03. The lowest BCUT2D eigenvalue weighted by Crippen LogP contribution is -2.27. The molecular weight excluding hydrogens is 314 g/mol. The zero-order chi connectivity index (χ0) is 12.3. The zero-order valence-electron chi connectivity index (χ0n) is 9.07. The van der Waals surface area contributed by atoms with E-state index in [1.54, 1.807) is 13.1 Å². The molecular formula is C10H13BrClNO2S. The fourth-order valence-electron chi connectivity index (χ4n) is 1.25. The van der Waals surface area contributed by atoms with Crippen molar-refractivity contribution in [3.63, 3.8) is 0 Å². The van der Waals surface area contributed by atoms with Gasteiger partial charge in [-0.1, -0.05) is 18.5 Å². The first-order valence-electron chi connectivity index (χ1n) is 4.81. The fraction of sp³-hybridized carbons (Fsp3) is 0.400. The van der Waals surface area contributed by atoms with E-state index in [0.29, 0.717) is 16.0 Å². The van der Waals surface area contributed by atoms with Gasteiger partial charge in [0.25, 0.3) is 0 Å². The number of halogens is 2. The molecule has 0 N–H and O–H groups in total. The Morgan fingerprint density at radius 3 is 2.56 bits per heavy atom. The minimum Gasteiger partial charge on any atom is -0.207 e. The van der Waals surface area contributed by atoms with Crippen molar-refractivity contribution in [1.82, 2.24) is 4.31 Å². The lowest BCUT2D eigenvalue weighted by atomic mass is 10.4. The van der Waals surface area contributed by atoms with Crippen LogP contribution in [0.15, 0.2) is 27.6 Å². The fourth-order valence-corrected chi connectivity index (χ4v) is 3.19. The quantitative estimate of drug-likeness (QED) is 0.852. The Morgan fingerprint density at radius 2 is 2.06 bits per heavy atom. The van der Waals surface area contributed by atoms with Crippen molar-refractivity contribution in [3.05, 3.63) is 27.7 Å². The molecule has 0 radical (unpaired) electrons. The van der Waals surface area contributed by atoms with Gasteiger partial charge in [0.1, 0.15) is 0 Å². The highest BCUT2D eigenvalue weighted by Gasteiger charge is 2.20. The predicted octanol–water partition coefficient (Wildman–Crippen LogP) is 3.13. The molecule has 16 heavy (non-hydrogen) atoms. The van der Waals surface area contributed by atoms with Crippen molar-refractivity contribution >= 4 is 37.6 Å². The summed E-state index contributed by atoms with van der Waals surface area (Å²) in [6.07, 6.45) is 0.782. The van der Waals surface area contributed by atoms with Crippen LogP contribution in [-0.4, -0.2) is 26.3 Å². The van der Waals surface area contributed by atoms with E-state index in [9.17, 15) is 8.42 Å². The number of hydrogen-bond acceptors (Lipinski definition) is 2. The third-order valence-electron chi connectivity index (χ3n) is 2.14. The molecule has 0 atom stereocenters. The second-order valence-electron chi connectivity index (χ2n) is 3.40. The third-order valence-corrected chi connectivity index (χ3v) is 5.20. The van der Waals surface area contributed by atoms with Gasteiger partial charge in [-0.3, -0.25) is 0 Å². The number of benzene rings is 1. The van der Waals surface area contributed by atoms with Crippen LogP contribution in [0.25, 0.3) is 0 Å². The number of sulfonamides is 1. The lowest BCUT2D eigenvalue weighted by molar-refractivity contribution is 0.468. The average molecular weight is 327 g/mol. The van der Waals surface area contributed by atoms with Crippen molar-refractivity contribution in [1.29, 1.82) is 0 Å². The summed E-state index contributed by atoms with van der Waals surface area (Å²) in [6.45, 7) is 2.44.